The first-order valence-electron chi connectivity index (χ1n) is 7.44. The molecule has 2 heterocycles. The maximum atomic E-state index is 11.3. The number of unbranched alkanes of at least 4 members (excludes halogenated alkanes) is 5. The van der Waals surface area contributed by atoms with Crippen molar-refractivity contribution in [3.8, 4) is 10.6 Å². The Morgan fingerprint density at radius 2 is 2.05 bits per heavy atom. The highest BCUT2D eigenvalue weighted by Crippen LogP contribution is 2.27. The molecule has 0 saturated carbocycles. The van der Waals surface area contributed by atoms with Gasteiger partial charge in [0, 0.05) is 6.54 Å². The van der Waals surface area contributed by atoms with E-state index in [4.69, 9.17) is 0 Å². The molecule has 0 unspecified atom stereocenters. The molecule has 2 aromatic heterocycles. The first kappa shape index (κ1) is 15.7. The summed E-state index contributed by atoms with van der Waals surface area (Å²) in [4.78, 5) is 12.2. The summed E-state index contributed by atoms with van der Waals surface area (Å²) in [5, 5.41) is 19.0. The average Bonchev–Trinajstić information content (AvgIpc) is 3.10. The van der Waals surface area contributed by atoms with Crippen molar-refractivity contribution in [3.05, 3.63) is 23.2 Å². The van der Waals surface area contributed by atoms with E-state index in [1.165, 1.54) is 37.0 Å². The molecule has 0 saturated heterocycles. The largest absolute Gasteiger partial charge is 0.476 e. The number of rotatable bonds is 9. The van der Waals surface area contributed by atoms with Crippen molar-refractivity contribution in [1.29, 1.82) is 0 Å². The van der Waals surface area contributed by atoms with E-state index in [2.05, 4.69) is 17.2 Å². The van der Waals surface area contributed by atoms with E-state index in [0.29, 0.717) is 5.69 Å². The lowest BCUT2D eigenvalue weighted by Gasteiger charge is -2.05. The van der Waals surface area contributed by atoms with Crippen LogP contribution in [-0.4, -0.2) is 26.1 Å². The summed E-state index contributed by atoms with van der Waals surface area (Å²) < 4.78 is 1.73. The standard InChI is InChI=1S/C15H21N3O2S/c1-2-3-4-5-6-7-10-18-14(12-9-8-11-21-12)13(15(19)20)16-17-18/h8-9,11H,2-7,10H2,1H3,(H,19,20). The number of thiophene rings is 1. The minimum absolute atomic E-state index is 0.0448. The quantitative estimate of drug-likeness (QED) is 0.709. The van der Waals surface area contributed by atoms with E-state index in [1.807, 2.05) is 17.5 Å². The zero-order chi connectivity index (χ0) is 15.1. The molecule has 0 atom stereocenters. The van der Waals surface area contributed by atoms with Crippen molar-refractivity contribution in [1.82, 2.24) is 15.0 Å². The Kier molecular flexibility index (Phi) is 5.92. The van der Waals surface area contributed by atoms with Crippen LogP contribution in [-0.2, 0) is 6.54 Å². The smallest absolute Gasteiger partial charge is 0.358 e. The number of aromatic carboxylic acids is 1. The zero-order valence-electron chi connectivity index (χ0n) is 12.3. The van der Waals surface area contributed by atoms with Crippen molar-refractivity contribution in [2.24, 2.45) is 0 Å². The predicted molar refractivity (Wildman–Crippen MR) is 83.7 cm³/mol. The van der Waals surface area contributed by atoms with Crippen molar-refractivity contribution in [3.63, 3.8) is 0 Å². The van der Waals surface area contributed by atoms with Gasteiger partial charge in [0.05, 0.1) is 4.88 Å². The molecule has 5 nitrogen and oxygen atoms in total. The number of carbonyl (C=O) groups is 1. The summed E-state index contributed by atoms with van der Waals surface area (Å²) in [6, 6.07) is 3.82. The molecule has 114 valence electrons. The second-order valence-corrected chi connectivity index (χ2v) is 6.01. The van der Waals surface area contributed by atoms with Gasteiger partial charge < -0.3 is 5.11 Å². The van der Waals surface area contributed by atoms with E-state index < -0.39 is 5.97 Å². The summed E-state index contributed by atoms with van der Waals surface area (Å²) in [7, 11) is 0. The van der Waals surface area contributed by atoms with Crippen molar-refractivity contribution in [2.45, 2.75) is 52.0 Å². The Balaban J connectivity index is 2.01. The summed E-state index contributed by atoms with van der Waals surface area (Å²) >= 11 is 1.51. The molecule has 0 amide bonds. The van der Waals surface area contributed by atoms with Gasteiger partial charge in [-0.05, 0) is 17.9 Å². The molecule has 0 radical (unpaired) electrons. The van der Waals surface area contributed by atoms with Crippen LogP contribution in [0.5, 0.6) is 0 Å². The monoisotopic (exact) mass is 307 g/mol. The highest BCUT2D eigenvalue weighted by Gasteiger charge is 2.20. The van der Waals surface area contributed by atoms with E-state index >= 15 is 0 Å². The van der Waals surface area contributed by atoms with Gasteiger partial charge in [0.1, 0.15) is 5.69 Å². The fourth-order valence-electron chi connectivity index (χ4n) is 2.31. The second kappa shape index (κ2) is 7.93. The number of carboxylic acid groups (broad SMARTS) is 1. The Bertz CT molecular complexity index is 563. The van der Waals surface area contributed by atoms with Gasteiger partial charge in [0.2, 0.25) is 0 Å². The van der Waals surface area contributed by atoms with Crippen molar-refractivity contribution < 1.29 is 9.90 Å². The minimum atomic E-state index is -1.02. The van der Waals surface area contributed by atoms with Crippen LogP contribution in [0, 0.1) is 0 Å². The molecule has 0 bridgehead atoms. The van der Waals surface area contributed by atoms with Gasteiger partial charge >= 0.3 is 5.97 Å². The fourth-order valence-corrected chi connectivity index (χ4v) is 3.09. The highest BCUT2D eigenvalue weighted by atomic mass is 32.1. The van der Waals surface area contributed by atoms with Gasteiger partial charge in [-0.2, -0.15) is 0 Å². The van der Waals surface area contributed by atoms with E-state index in [9.17, 15) is 9.90 Å². The van der Waals surface area contributed by atoms with E-state index in [-0.39, 0.29) is 5.69 Å². The lowest BCUT2D eigenvalue weighted by molar-refractivity contribution is 0.0691. The molecule has 0 aliphatic carbocycles. The molecule has 2 rings (SSSR count). The first-order chi connectivity index (χ1) is 10.2. The highest BCUT2D eigenvalue weighted by molar-refractivity contribution is 7.13. The molecule has 2 aromatic rings. The van der Waals surface area contributed by atoms with Crippen molar-refractivity contribution >= 4 is 17.3 Å². The number of aromatic nitrogens is 3. The lowest BCUT2D eigenvalue weighted by atomic mass is 10.1. The summed E-state index contributed by atoms with van der Waals surface area (Å²) in [6.07, 6.45) is 7.17. The Labute approximate surface area is 128 Å². The summed E-state index contributed by atoms with van der Waals surface area (Å²) in [5.41, 5.74) is 0.675. The first-order valence-corrected chi connectivity index (χ1v) is 8.32. The molecule has 0 spiro atoms. The Morgan fingerprint density at radius 1 is 1.29 bits per heavy atom. The normalized spacial score (nSPS) is 10.9. The molecule has 0 aliphatic heterocycles. The van der Waals surface area contributed by atoms with Gasteiger partial charge in [-0.3, -0.25) is 0 Å². The summed E-state index contributed by atoms with van der Waals surface area (Å²) in [6.45, 7) is 2.93. The second-order valence-electron chi connectivity index (χ2n) is 5.06. The topological polar surface area (TPSA) is 68.0 Å². The maximum Gasteiger partial charge on any atom is 0.358 e. The molecule has 6 heteroatoms. The molecule has 0 aliphatic rings. The van der Waals surface area contributed by atoms with Gasteiger partial charge in [-0.15, -0.1) is 16.4 Å². The van der Waals surface area contributed by atoms with Crippen LogP contribution in [0.2, 0.25) is 0 Å². The average molecular weight is 307 g/mol. The Morgan fingerprint density at radius 3 is 2.71 bits per heavy atom. The minimum Gasteiger partial charge on any atom is -0.476 e. The lowest BCUT2D eigenvalue weighted by Crippen LogP contribution is -2.04. The molecule has 21 heavy (non-hydrogen) atoms. The summed E-state index contributed by atoms with van der Waals surface area (Å²) in [5.74, 6) is -1.02. The van der Waals surface area contributed by atoms with Crippen LogP contribution < -0.4 is 0 Å². The maximum absolute atomic E-state index is 11.3. The van der Waals surface area contributed by atoms with E-state index in [1.54, 1.807) is 4.68 Å². The van der Waals surface area contributed by atoms with Gasteiger partial charge in [0.15, 0.2) is 5.69 Å². The third-order valence-electron chi connectivity index (χ3n) is 3.42. The number of carboxylic acids is 1. The van der Waals surface area contributed by atoms with Gasteiger partial charge in [-0.1, -0.05) is 50.3 Å². The molecule has 0 fully saturated rings. The van der Waals surface area contributed by atoms with Crippen LogP contribution in [0.1, 0.15) is 55.9 Å². The van der Waals surface area contributed by atoms with Crippen LogP contribution in [0.3, 0.4) is 0 Å². The predicted octanol–water partition coefficient (Wildman–Crippen LogP) is 4.07. The number of hydrogen-bond acceptors (Lipinski definition) is 4. The van der Waals surface area contributed by atoms with Crippen LogP contribution in [0.25, 0.3) is 10.6 Å². The number of hydrogen-bond donors (Lipinski definition) is 1. The Hall–Kier alpha value is -1.69. The number of aryl methyl sites for hydroxylation is 1. The van der Waals surface area contributed by atoms with Crippen molar-refractivity contribution in [2.75, 3.05) is 0 Å². The van der Waals surface area contributed by atoms with Gasteiger partial charge in [0.25, 0.3) is 0 Å². The third-order valence-corrected chi connectivity index (χ3v) is 4.29. The van der Waals surface area contributed by atoms with Crippen LogP contribution >= 0.6 is 11.3 Å². The molecular formula is C15H21N3O2S. The zero-order valence-corrected chi connectivity index (χ0v) is 13.1. The molecular weight excluding hydrogens is 286 g/mol. The third kappa shape index (κ3) is 4.14. The molecule has 1 N–H and O–H groups in total. The van der Waals surface area contributed by atoms with Crippen LogP contribution in [0.4, 0.5) is 0 Å². The fraction of sp³-hybridized carbons (Fsp3) is 0.533. The van der Waals surface area contributed by atoms with E-state index in [0.717, 1.165) is 24.3 Å². The van der Waals surface area contributed by atoms with Gasteiger partial charge in [-0.25, -0.2) is 9.48 Å². The van der Waals surface area contributed by atoms with Crippen LogP contribution in [0.15, 0.2) is 17.5 Å². The molecule has 0 aromatic carbocycles. The number of nitrogens with zero attached hydrogens (tertiary/aromatic N) is 3. The SMILES string of the molecule is CCCCCCCCn1nnc(C(=O)O)c1-c1cccs1.